The lowest BCUT2D eigenvalue weighted by molar-refractivity contribution is 0.0815. The average Bonchev–Trinajstić information content (AvgIpc) is 3.36. The number of anilines is 1. The van der Waals surface area contributed by atoms with Crippen molar-refractivity contribution in [2.24, 2.45) is 0 Å². The molecule has 0 aliphatic rings. The summed E-state index contributed by atoms with van der Waals surface area (Å²) in [5, 5.41) is 15.7. The van der Waals surface area contributed by atoms with E-state index >= 15 is 0 Å². The number of fused-ring (bicyclic) bond motifs is 1. The van der Waals surface area contributed by atoms with Gasteiger partial charge in [0.25, 0.3) is 5.91 Å². The minimum absolute atomic E-state index is 0.0249. The number of aryl methyl sites for hydroxylation is 2. The van der Waals surface area contributed by atoms with Crippen molar-refractivity contribution in [3.63, 3.8) is 0 Å². The van der Waals surface area contributed by atoms with E-state index in [1.807, 2.05) is 37.3 Å². The molecule has 0 fully saturated rings. The van der Waals surface area contributed by atoms with Gasteiger partial charge in [0.1, 0.15) is 11.3 Å². The van der Waals surface area contributed by atoms with Crippen LogP contribution in [0.2, 0.25) is 0 Å². The van der Waals surface area contributed by atoms with E-state index in [1.165, 1.54) is 6.20 Å². The van der Waals surface area contributed by atoms with Crippen molar-refractivity contribution < 1.29 is 19.2 Å². The van der Waals surface area contributed by atoms with Crippen LogP contribution in [0.25, 0.3) is 17.0 Å². The summed E-state index contributed by atoms with van der Waals surface area (Å²) in [4.78, 5) is 21.5. The van der Waals surface area contributed by atoms with Crippen molar-refractivity contribution in [2.75, 3.05) is 18.5 Å². The number of hydrogen-bond donors (Lipinski definition) is 2. The van der Waals surface area contributed by atoms with Gasteiger partial charge in [-0.25, -0.2) is 4.98 Å². The standard InChI is InChI=1S/C21H21N5O4/c1-13-3-4-16(20-23-14(2)30-25-20)10-17(13)24-21(28)18-11-22-19-9-15(5-6-26(18)19)12-29-8-7-27/h3-6,9-11,27H,7-8,12H2,1-2H3,(H,24,28). The number of nitrogens with one attached hydrogen (secondary N) is 1. The second-order valence-corrected chi connectivity index (χ2v) is 6.80. The molecule has 154 valence electrons. The summed E-state index contributed by atoms with van der Waals surface area (Å²) < 4.78 is 12.1. The Balaban J connectivity index is 1.56. The highest BCUT2D eigenvalue weighted by Gasteiger charge is 2.15. The van der Waals surface area contributed by atoms with E-state index < -0.39 is 0 Å². The topological polar surface area (TPSA) is 115 Å². The number of amides is 1. The number of ether oxygens (including phenoxy) is 1. The molecule has 0 atom stereocenters. The molecule has 0 aliphatic heterocycles. The van der Waals surface area contributed by atoms with E-state index in [1.54, 1.807) is 17.5 Å². The van der Waals surface area contributed by atoms with Crippen LogP contribution in [0.15, 0.2) is 47.2 Å². The first kappa shape index (κ1) is 19.7. The predicted molar refractivity (Wildman–Crippen MR) is 109 cm³/mol. The Morgan fingerprint density at radius 1 is 1.27 bits per heavy atom. The fraction of sp³-hybridized carbons (Fsp3) is 0.238. The van der Waals surface area contributed by atoms with Gasteiger partial charge in [0.05, 0.1) is 26.0 Å². The van der Waals surface area contributed by atoms with Crippen LogP contribution < -0.4 is 5.32 Å². The molecule has 4 aromatic rings. The number of carbonyl (C=O) groups is 1. The predicted octanol–water partition coefficient (Wildman–Crippen LogP) is 2.76. The number of aliphatic hydroxyl groups is 1. The number of rotatable bonds is 7. The van der Waals surface area contributed by atoms with E-state index in [4.69, 9.17) is 14.4 Å². The molecule has 1 aromatic carbocycles. The van der Waals surface area contributed by atoms with E-state index in [2.05, 4.69) is 20.4 Å². The van der Waals surface area contributed by atoms with Crippen LogP contribution in [0, 0.1) is 13.8 Å². The highest BCUT2D eigenvalue weighted by Crippen LogP contribution is 2.24. The van der Waals surface area contributed by atoms with Gasteiger partial charge in [0, 0.05) is 24.4 Å². The third-order valence-corrected chi connectivity index (χ3v) is 4.59. The van der Waals surface area contributed by atoms with Crippen molar-refractivity contribution in [1.82, 2.24) is 19.5 Å². The molecule has 4 rings (SSSR count). The highest BCUT2D eigenvalue weighted by atomic mass is 16.5. The van der Waals surface area contributed by atoms with Crippen molar-refractivity contribution in [2.45, 2.75) is 20.5 Å². The van der Waals surface area contributed by atoms with Gasteiger partial charge >= 0.3 is 0 Å². The molecule has 0 aliphatic carbocycles. The van der Waals surface area contributed by atoms with Crippen molar-refractivity contribution in [3.05, 3.63) is 65.4 Å². The number of carbonyl (C=O) groups excluding carboxylic acids is 1. The van der Waals surface area contributed by atoms with Crippen LogP contribution >= 0.6 is 0 Å². The molecule has 0 bridgehead atoms. The van der Waals surface area contributed by atoms with E-state index in [9.17, 15) is 4.79 Å². The van der Waals surface area contributed by atoms with Crippen LogP contribution in [0.1, 0.15) is 27.5 Å². The molecule has 1 amide bonds. The third-order valence-electron chi connectivity index (χ3n) is 4.59. The maximum absolute atomic E-state index is 12.9. The van der Waals surface area contributed by atoms with Crippen LogP contribution in [-0.4, -0.2) is 43.8 Å². The zero-order valence-corrected chi connectivity index (χ0v) is 16.6. The molecule has 0 unspecified atom stereocenters. The van der Waals surface area contributed by atoms with Gasteiger partial charge in [-0.3, -0.25) is 9.20 Å². The molecule has 0 saturated heterocycles. The van der Waals surface area contributed by atoms with Gasteiger partial charge in [0.2, 0.25) is 11.7 Å². The summed E-state index contributed by atoms with van der Waals surface area (Å²) in [6.45, 7) is 4.25. The molecular formula is C21H21N5O4. The first-order chi connectivity index (χ1) is 14.5. The summed E-state index contributed by atoms with van der Waals surface area (Å²) in [5.41, 5.74) is 4.27. The number of aromatic nitrogens is 4. The Labute approximate surface area is 172 Å². The number of benzene rings is 1. The van der Waals surface area contributed by atoms with E-state index in [0.29, 0.717) is 35.4 Å². The number of pyridine rings is 1. The molecule has 2 N–H and O–H groups in total. The molecule has 9 nitrogen and oxygen atoms in total. The average molecular weight is 407 g/mol. The minimum atomic E-state index is -0.281. The smallest absolute Gasteiger partial charge is 0.274 e. The summed E-state index contributed by atoms with van der Waals surface area (Å²) in [7, 11) is 0. The van der Waals surface area contributed by atoms with Gasteiger partial charge in [-0.1, -0.05) is 17.3 Å². The zero-order valence-electron chi connectivity index (χ0n) is 16.6. The molecule has 30 heavy (non-hydrogen) atoms. The van der Waals surface area contributed by atoms with E-state index in [-0.39, 0.29) is 19.1 Å². The summed E-state index contributed by atoms with van der Waals surface area (Å²) in [5.74, 6) is 0.660. The Morgan fingerprint density at radius 3 is 2.90 bits per heavy atom. The monoisotopic (exact) mass is 407 g/mol. The van der Waals surface area contributed by atoms with Gasteiger partial charge in [-0.05, 0) is 36.2 Å². The molecule has 9 heteroatoms. The lowest BCUT2D eigenvalue weighted by Gasteiger charge is -2.10. The largest absolute Gasteiger partial charge is 0.394 e. The number of nitrogens with zero attached hydrogens (tertiary/aromatic N) is 4. The van der Waals surface area contributed by atoms with Gasteiger partial charge in [-0.15, -0.1) is 0 Å². The minimum Gasteiger partial charge on any atom is -0.394 e. The summed E-state index contributed by atoms with van der Waals surface area (Å²) in [6, 6.07) is 9.29. The van der Waals surface area contributed by atoms with Crippen LogP contribution in [0.4, 0.5) is 5.69 Å². The quantitative estimate of drug-likeness (QED) is 0.453. The highest BCUT2D eigenvalue weighted by molar-refractivity contribution is 6.04. The molecule has 0 radical (unpaired) electrons. The van der Waals surface area contributed by atoms with Gasteiger partial charge in [0.15, 0.2) is 0 Å². The molecule has 0 spiro atoms. The fourth-order valence-corrected chi connectivity index (χ4v) is 3.03. The number of aliphatic hydroxyl groups excluding tert-OH is 1. The first-order valence-electron chi connectivity index (χ1n) is 9.42. The van der Waals surface area contributed by atoms with Crippen LogP contribution in [0.3, 0.4) is 0 Å². The maximum atomic E-state index is 12.9. The van der Waals surface area contributed by atoms with Gasteiger partial charge < -0.3 is 19.7 Å². The molecule has 3 heterocycles. The second-order valence-electron chi connectivity index (χ2n) is 6.80. The van der Waals surface area contributed by atoms with Crippen LogP contribution in [-0.2, 0) is 11.3 Å². The lowest BCUT2D eigenvalue weighted by Crippen LogP contribution is -2.15. The summed E-state index contributed by atoms with van der Waals surface area (Å²) >= 11 is 0. The van der Waals surface area contributed by atoms with E-state index in [0.717, 1.165) is 16.7 Å². The van der Waals surface area contributed by atoms with Gasteiger partial charge in [-0.2, -0.15) is 4.98 Å². The Kier molecular flexibility index (Phi) is 5.55. The third kappa shape index (κ3) is 4.07. The molecule has 3 aromatic heterocycles. The van der Waals surface area contributed by atoms with Crippen molar-refractivity contribution >= 4 is 17.2 Å². The first-order valence-corrected chi connectivity index (χ1v) is 9.42. The second kappa shape index (κ2) is 8.44. The Bertz CT molecular complexity index is 1200. The normalized spacial score (nSPS) is 11.2. The zero-order chi connectivity index (χ0) is 21.1. The summed E-state index contributed by atoms with van der Waals surface area (Å²) in [6.07, 6.45) is 3.31. The van der Waals surface area contributed by atoms with Crippen molar-refractivity contribution in [3.8, 4) is 11.4 Å². The molecular weight excluding hydrogens is 386 g/mol. The number of hydrogen-bond acceptors (Lipinski definition) is 7. The Morgan fingerprint density at radius 2 is 2.13 bits per heavy atom. The van der Waals surface area contributed by atoms with Crippen molar-refractivity contribution in [1.29, 1.82) is 0 Å². The molecule has 0 saturated carbocycles. The Hall–Kier alpha value is -3.56. The van der Waals surface area contributed by atoms with Crippen LogP contribution in [0.5, 0.6) is 0 Å². The fourth-order valence-electron chi connectivity index (χ4n) is 3.03. The maximum Gasteiger partial charge on any atom is 0.274 e. The lowest BCUT2D eigenvalue weighted by atomic mass is 10.1. The number of imidazole rings is 1. The SMILES string of the molecule is Cc1nc(-c2ccc(C)c(NC(=O)c3cnc4cc(COCCO)ccn34)c2)no1.